The number of carbonyl (C=O) groups is 1. The third-order valence-electron chi connectivity index (χ3n) is 9.53. The van der Waals surface area contributed by atoms with Gasteiger partial charge in [0.25, 0.3) is 10.1 Å². The summed E-state index contributed by atoms with van der Waals surface area (Å²) < 4.78 is 32.9. The molecule has 0 aromatic rings. The van der Waals surface area contributed by atoms with Crippen molar-refractivity contribution >= 4 is 15.9 Å². The van der Waals surface area contributed by atoms with Crippen LogP contribution in [0, 0.1) is 40.4 Å². The van der Waals surface area contributed by atoms with Gasteiger partial charge in [-0.2, -0.15) is 8.42 Å². The molecule has 0 aromatic heterocycles. The fourth-order valence-electron chi connectivity index (χ4n) is 8.16. The topological polar surface area (TPSA) is 71.4 Å². The van der Waals surface area contributed by atoms with E-state index >= 15 is 0 Å². The molecule has 0 bridgehead atoms. The number of fused-ring (bicyclic) bond motifs is 5. The van der Waals surface area contributed by atoms with Crippen LogP contribution in [-0.4, -0.2) is 24.0 Å². The molecule has 0 unspecified atom stereocenters. The van der Waals surface area contributed by atoms with E-state index in [1.54, 1.807) is 6.92 Å². The SMILES string of the molecule is CC(=O)[C@H]1CC[C@H]2[C@@H]3CC[C@H]4C[C@@H](S(=O)(=O)O)CC[C@]4(C)[C@H]3CC[C@]12C. The standard InChI is InChI=1S/C21H34O4S/c1-13(22)17-6-7-18-16-5-4-14-12-15(26(23,24)25)8-10-20(14,2)19(16)9-11-21(17,18)3/h14-19H,4-12H2,1-3H3,(H,23,24,25)/t14-,15-,16-,17+,18-,19-,20-,21+/m0/s1. The predicted molar refractivity (Wildman–Crippen MR) is 101 cm³/mol. The first-order valence-corrected chi connectivity index (χ1v) is 12.0. The Hall–Kier alpha value is -0.420. The first-order chi connectivity index (χ1) is 12.1. The molecular formula is C21H34O4S. The van der Waals surface area contributed by atoms with Crippen LogP contribution in [0.5, 0.6) is 0 Å². The zero-order valence-electron chi connectivity index (χ0n) is 16.4. The maximum Gasteiger partial charge on any atom is 0.267 e. The van der Waals surface area contributed by atoms with Gasteiger partial charge in [-0.15, -0.1) is 0 Å². The van der Waals surface area contributed by atoms with Gasteiger partial charge in [-0.3, -0.25) is 9.35 Å². The Bertz CT molecular complexity index is 701. The molecule has 4 rings (SSSR count). The molecule has 5 heteroatoms. The van der Waals surface area contributed by atoms with Gasteiger partial charge in [0.15, 0.2) is 0 Å². The molecule has 4 aliphatic rings. The van der Waals surface area contributed by atoms with E-state index < -0.39 is 15.4 Å². The number of Topliss-reactive ketones (excluding diaryl/α,β-unsaturated/α-hetero) is 1. The third-order valence-corrected chi connectivity index (χ3v) is 10.8. The molecule has 1 N–H and O–H groups in total. The molecule has 4 fully saturated rings. The van der Waals surface area contributed by atoms with Gasteiger partial charge in [0, 0.05) is 5.92 Å². The van der Waals surface area contributed by atoms with Gasteiger partial charge in [-0.25, -0.2) is 0 Å². The van der Waals surface area contributed by atoms with Crippen molar-refractivity contribution in [1.29, 1.82) is 0 Å². The Morgan fingerprint density at radius 3 is 2.23 bits per heavy atom. The van der Waals surface area contributed by atoms with Gasteiger partial charge in [0.1, 0.15) is 5.78 Å². The van der Waals surface area contributed by atoms with Crippen molar-refractivity contribution in [2.24, 2.45) is 40.4 Å². The molecule has 148 valence electrons. The van der Waals surface area contributed by atoms with Crippen LogP contribution >= 0.6 is 0 Å². The summed E-state index contributed by atoms with van der Waals surface area (Å²) >= 11 is 0. The highest BCUT2D eigenvalue weighted by Gasteiger charge is 2.61. The number of hydrogen-bond acceptors (Lipinski definition) is 3. The van der Waals surface area contributed by atoms with E-state index in [0.717, 1.165) is 25.7 Å². The van der Waals surface area contributed by atoms with Crippen LogP contribution in [0.4, 0.5) is 0 Å². The van der Waals surface area contributed by atoms with Crippen molar-refractivity contribution < 1.29 is 17.8 Å². The lowest BCUT2D eigenvalue weighted by molar-refractivity contribution is -0.133. The number of rotatable bonds is 2. The second-order valence-electron chi connectivity index (χ2n) is 10.4. The van der Waals surface area contributed by atoms with E-state index in [1.165, 1.54) is 19.3 Å². The smallest absolute Gasteiger partial charge is 0.267 e. The number of carbonyl (C=O) groups excluding carboxylic acids is 1. The normalized spacial score (nSPS) is 51.2. The van der Waals surface area contributed by atoms with Crippen LogP contribution in [0.25, 0.3) is 0 Å². The highest BCUT2D eigenvalue weighted by atomic mass is 32.2. The molecule has 0 amide bonds. The van der Waals surface area contributed by atoms with Crippen molar-refractivity contribution in [3.05, 3.63) is 0 Å². The summed E-state index contributed by atoms with van der Waals surface area (Å²) in [5.41, 5.74) is 0.390. The second-order valence-corrected chi connectivity index (χ2v) is 12.0. The van der Waals surface area contributed by atoms with Gasteiger partial charge >= 0.3 is 0 Å². The first-order valence-electron chi connectivity index (χ1n) is 10.5. The summed E-state index contributed by atoms with van der Waals surface area (Å²) in [6.07, 6.45) is 9.00. The minimum atomic E-state index is -3.91. The van der Waals surface area contributed by atoms with E-state index in [0.29, 0.717) is 42.3 Å². The molecule has 4 saturated carbocycles. The second kappa shape index (κ2) is 6.04. The predicted octanol–water partition coefficient (Wildman–Crippen LogP) is 4.49. The Morgan fingerprint density at radius 1 is 0.923 bits per heavy atom. The molecular weight excluding hydrogens is 348 g/mol. The van der Waals surface area contributed by atoms with Gasteiger partial charge < -0.3 is 0 Å². The average Bonchev–Trinajstić information content (AvgIpc) is 2.90. The van der Waals surface area contributed by atoms with Gasteiger partial charge in [-0.05, 0) is 99.2 Å². The van der Waals surface area contributed by atoms with Crippen LogP contribution < -0.4 is 0 Å². The van der Waals surface area contributed by atoms with Crippen molar-refractivity contribution in [2.75, 3.05) is 0 Å². The lowest BCUT2D eigenvalue weighted by Crippen LogP contribution is -2.54. The fourth-order valence-corrected chi connectivity index (χ4v) is 9.05. The molecule has 0 spiro atoms. The number of hydrogen-bond donors (Lipinski definition) is 1. The van der Waals surface area contributed by atoms with E-state index in [1.807, 2.05) is 0 Å². The minimum Gasteiger partial charge on any atom is -0.300 e. The Morgan fingerprint density at radius 2 is 1.58 bits per heavy atom. The maximum absolute atomic E-state index is 12.2. The van der Waals surface area contributed by atoms with Crippen molar-refractivity contribution in [2.45, 2.75) is 83.8 Å². The monoisotopic (exact) mass is 382 g/mol. The zero-order chi connectivity index (χ0) is 18.9. The van der Waals surface area contributed by atoms with Gasteiger partial charge in [-0.1, -0.05) is 13.8 Å². The largest absolute Gasteiger partial charge is 0.300 e. The van der Waals surface area contributed by atoms with E-state index in [4.69, 9.17) is 0 Å². The fraction of sp³-hybridized carbons (Fsp3) is 0.952. The first kappa shape index (κ1) is 18.9. The molecule has 4 nitrogen and oxygen atoms in total. The lowest BCUT2D eigenvalue weighted by Gasteiger charge is -2.61. The van der Waals surface area contributed by atoms with Crippen molar-refractivity contribution in [1.82, 2.24) is 0 Å². The van der Waals surface area contributed by atoms with Gasteiger partial charge in [0.2, 0.25) is 0 Å². The van der Waals surface area contributed by atoms with Crippen LogP contribution in [0.3, 0.4) is 0 Å². The molecule has 0 radical (unpaired) electrons. The summed E-state index contributed by atoms with van der Waals surface area (Å²) in [6, 6.07) is 0. The molecule has 0 heterocycles. The van der Waals surface area contributed by atoms with Crippen LogP contribution in [-0.2, 0) is 14.9 Å². The molecule has 0 aliphatic heterocycles. The molecule has 4 aliphatic carbocycles. The summed E-state index contributed by atoms with van der Waals surface area (Å²) in [4.78, 5) is 12.2. The summed E-state index contributed by atoms with van der Waals surface area (Å²) in [6.45, 7) is 6.55. The van der Waals surface area contributed by atoms with Crippen LogP contribution in [0.1, 0.15) is 78.6 Å². The zero-order valence-corrected chi connectivity index (χ0v) is 17.2. The Balaban J connectivity index is 1.58. The Kier molecular flexibility index (Phi) is 4.39. The van der Waals surface area contributed by atoms with E-state index in [9.17, 15) is 17.8 Å². The summed E-state index contributed by atoms with van der Waals surface area (Å²) in [7, 11) is -3.91. The Labute approximate surface area is 158 Å². The maximum atomic E-state index is 12.2. The molecule has 0 saturated heterocycles. The third kappa shape index (κ3) is 2.63. The van der Waals surface area contributed by atoms with Crippen LogP contribution in [0.15, 0.2) is 0 Å². The summed E-state index contributed by atoms with van der Waals surface area (Å²) in [5.74, 6) is 3.05. The minimum absolute atomic E-state index is 0.182. The van der Waals surface area contributed by atoms with Crippen LogP contribution in [0.2, 0.25) is 0 Å². The van der Waals surface area contributed by atoms with Crippen molar-refractivity contribution in [3.8, 4) is 0 Å². The average molecular weight is 383 g/mol. The van der Waals surface area contributed by atoms with E-state index in [2.05, 4.69) is 13.8 Å². The highest BCUT2D eigenvalue weighted by molar-refractivity contribution is 7.86. The molecule has 26 heavy (non-hydrogen) atoms. The van der Waals surface area contributed by atoms with Gasteiger partial charge in [0.05, 0.1) is 5.25 Å². The van der Waals surface area contributed by atoms with E-state index in [-0.39, 0.29) is 16.7 Å². The molecule has 8 atom stereocenters. The number of ketones is 1. The lowest BCUT2D eigenvalue weighted by atomic mass is 9.45. The summed E-state index contributed by atoms with van der Waals surface area (Å²) in [5, 5.41) is -0.556. The van der Waals surface area contributed by atoms with Crippen molar-refractivity contribution in [3.63, 3.8) is 0 Å². The highest BCUT2D eigenvalue weighted by Crippen LogP contribution is 2.67. The molecule has 0 aromatic carbocycles. The quantitative estimate of drug-likeness (QED) is 0.714.